The van der Waals surface area contributed by atoms with E-state index in [0.29, 0.717) is 11.8 Å². The van der Waals surface area contributed by atoms with E-state index in [4.69, 9.17) is 0 Å². The van der Waals surface area contributed by atoms with Gasteiger partial charge in [-0.15, -0.1) is 0 Å². The van der Waals surface area contributed by atoms with Gasteiger partial charge in [0.1, 0.15) is 0 Å². The summed E-state index contributed by atoms with van der Waals surface area (Å²) in [6, 6.07) is 0. The van der Waals surface area contributed by atoms with Crippen LogP contribution in [0.3, 0.4) is 0 Å². The zero-order valence-electron chi connectivity index (χ0n) is 14.5. The molecular formula is C20H28ClRu+. The average molecular weight is 405 g/mol. The van der Waals surface area contributed by atoms with Crippen molar-refractivity contribution in [3.05, 3.63) is 75.0 Å². The second kappa shape index (κ2) is 13.2. The first-order valence-corrected chi connectivity index (χ1v) is 7.53. The van der Waals surface area contributed by atoms with Crippen LogP contribution in [0.5, 0.6) is 0 Å². The van der Waals surface area contributed by atoms with E-state index >= 15 is 0 Å². The molecule has 2 saturated carbocycles. The van der Waals surface area contributed by atoms with Crippen molar-refractivity contribution in [2.45, 2.75) is 41.5 Å². The molecule has 0 heterocycles. The third-order valence-electron chi connectivity index (χ3n) is 3.49. The molecule has 0 atom stereocenters. The maximum Gasteiger partial charge on any atom is 2.00 e. The summed E-state index contributed by atoms with van der Waals surface area (Å²) >= 11 is 0. The molecule has 0 nitrogen and oxygen atoms in total. The molecule has 0 aromatic rings. The summed E-state index contributed by atoms with van der Waals surface area (Å²) in [5, 5.41) is 0. The van der Waals surface area contributed by atoms with Gasteiger partial charge in [0.25, 0.3) is 0 Å². The van der Waals surface area contributed by atoms with E-state index in [1.807, 2.05) is 0 Å². The van der Waals surface area contributed by atoms with E-state index in [2.05, 4.69) is 92.9 Å². The normalized spacial score (nSPS) is 21.8. The van der Waals surface area contributed by atoms with E-state index in [1.54, 1.807) is 0 Å². The summed E-state index contributed by atoms with van der Waals surface area (Å²) in [6.45, 7) is 13.1. The molecule has 0 aliphatic heterocycles. The second-order valence-corrected chi connectivity index (χ2v) is 6.13. The first-order valence-electron chi connectivity index (χ1n) is 7.53. The summed E-state index contributed by atoms with van der Waals surface area (Å²) in [7, 11) is 0. The first kappa shape index (κ1) is 25.2. The summed E-state index contributed by atoms with van der Waals surface area (Å²) in [4.78, 5) is 0. The Morgan fingerprint density at radius 1 is 0.545 bits per heavy atom. The summed E-state index contributed by atoms with van der Waals surface area (Å²) in [5.74, 6) is 6.83. The minimum Gasteiger partial charge on any atom is -1.00 e. The van der Waals surface area contributed by atoms with Crippen molar-refractivity contribution in [3.63, 3.8) is 0 Å². The van der Waals surface area contributed by atoms with Crippen LogP contribution >= 0.6 is 0 Å². The van der Waals surface area contributed by atoms with Gasteiger partial charge in [-0.3, -0.25) is 0 Å². The van der Waals surface area contributed by atoms with Gasteiger partial charge in [-0.2, -0.15) is 0 Å². The number of hydrogen-bond acceptors (Lipinski definition) is 0. The summed E-state index contributed by atoms with van der Waals surface area (Å²) < 4.78 is 0. The fraction of sp³-hybridized carbons (Fsp3) is 0.400. The molecule has 0 unspecified atom stereocenters. The Bertz CT molecular complexity index is 210. The molecule has 122 valence electrons. The molecule has 2 aliphatic carbocycles. The molecular weight excluding hydrogens is 377 g/mol. The van der Waals surface area contributed by atoms with Gasteiger partial charge in [0.2, 0.25) is 0 Å². The van der Waals surface area contributed by atoms with E-state index in [9.17, 15) is 0 Å². The third kappa shape index (κ3) is 9.92. The van der Waals surface area contributed by atoms with Crippen LogP contribution < -0.4 is 12.4 Å². The SMILES string of the molecule is C[C]1[CH][CH][C](C(C)C)[CH][CH]1.C[C]1[CH][CH][C](C(C)C)[CH][CH]1.[Cl-].[Ru+2]. The fourth-order valence-corrected chi connectivity index (χ4v) is 1.90. The number of halogens is 1. The molecule has 22 heavy (non-hydrogen) atoms. The standard InChI is InChI=1S/2C10H14.ClH.Ru/c2*1-8(2)10-6-4-9(3)5-7-10;;/h2*4-8H,1-3H3;1H;/q;;;+2/p-1. The Kier molecular flexibility index (Phi) is 15.1. The Morgan fingerprint density at radius 2 is 0.773 bits per heavy atom. The van der Waals surface area contributed by atoms with Gasteiger partial charge in [0.05, 0.1) is 0 Å². The van der Waals surface area contributed by atoms with Crippen LogP contribution in [0.2, 0.25) is 0 Å². The van der Waals surface area contributed by atoms with E-state index in [0.717, 1.165) is 0 Å². The molecule has 0 spiro atoms. The topological polar surface area (TPSA) is 0 Å². The Labute approximate surface area is 160 Å². The van der Waals surface area contributed by atoms with Crippen LogP contribution in [0, 0.1) is 86.9 Å². The van der Waals surface area contributed by atoms with E-state index < -0.39 is 0 Å². The molecule has 0 aromatic heterocycles. The maximum atomic E-state index is 2.21. The van der Waals surface area contributed by atoms with Crippen LogP contribution in [-0.2, 0) is 19.5 Å². The molecule has 0 saturated heterocycles. The van der Waals surface area contributed by atoms with Crippen molar-refractivity contribution in [2.24, 2.45) is 11.8 Å². The maximum absolute atomic E-state index is 2.21. The molecule has 12 radical (unpaired) electrons. The zero-order chi connectivity index (χ0) is 15.1. The van der Waals surface area contributed by atoms with Gasteiger partial charge in [-0.05, 0) is 86.9 Å². The largest absolute Gasteiger partial charge is 2.00 e. The number of rotatable bonds is 2. The molecule has 2 rings (SSSR count). The van der Waals surface area contributed by atoms with Gasteiger partial charge < -0.3 is 12.4 Å². The van der Waals surface area contributed by atoms with Gasteiger partial charge in [-0.1, -0.05) is 41.5 Å². The Balaban J connectivity index is 0. The van der Waals surface area contributed by atoms with Crippen molar-refractivity contribution in [1.82, 2.24) is 0 Å². The van der Waals surface area contributed by atoms with Crippen molar-refractivity contribution in [3.8, 4) is 0 Å². The van der Waals surface area contributed by atoms with Crippen molar-refractivity contribution in [1.29, 1.82) is 0 Å². The van der Waals surface area contributed by atoms with Gasteiger partial charge in [-0.25, -0.2) is 0 Å². The van der Waals surface area contributed by atoms with Crippen LogP contribution in [-0.4, -0.2) is 0 Å². The minimum atomic E-state index is 0. The van der Waals surface area contributed by atoms with Crippen molar-refractivity contribution >= 4 is 0 Å². The molecule has 2 heteroatoms. The Hall–Kier alpha value is 0.913. The summed E-state index contributed by atoms with van der Waals surface area (Å²) in [6.07, 6.45) is 17.4. The predicted octanol–water partition coefficient (Wildman–Crippen LogP) is 2.29. The fourth-order valence-electron chi connectivity index (χ4n) is 1.90. The van der Waals surface area contributed by atoms with Crippen LogP contribution in [0.1, 0.15) is 41.5 Å². The van der Waals surface area contributed by atoms with E-state index in [-0.39, 0.29) is 31.9 Å². The monoisotopic (exact) mass is 405 g/mol. The smallest absolute Gasteiger partial charge is 1.00 e. The first-order chi connectivity index (χ1) is 9.40. The van der Waals surface area contributed by atoms with Gasteiger partial charge >= 0.3 is 19.5 Å². The Morgan fingerprint density at radius 3 is 0.955 bits per heavy atom. The molecule has 2 fully saturated rings. The molecule has 0 bridgehead atoms. The van der Waals surface area contributed by atoms with Crippen molar-refractivity contribution < 1.29 is 31.9 Å². The second-order valence-electron chi connectivity index (χ2n) is 6.13. The van der Waals surface area contributed by atoms with Crippen molar-refractivity contribution in [2.75, 3.05) is 0 Å². The van der Waals surface area contributed by atoms with Crippen LogP contribution in [0.15, 0.2) is 0 Å². The predicted molar refractivity (Wildman–Crippen MR) is 88.4 cm³/mol. The minimum absolute atomic E-state index is 0. The van der Waals surface area contributed by atoms with Gasteiger partial charge in [0, 0.05) is 0 Å². The molecule has 2 aliphatic rings. The average Bonchev–Trinajstić information content (AvgIpc) is 2.40. The summed E-state index contributed by atoms with van der Waals surface area (Å²) in [5.41, 5.74) is 0. The van der Waals surface area contributed by atoms with Gasteiger partial charge in [0.15, 0.2) is 0 Å². The quantitative estimate of drug-likeness (QED) is 0.619. The number of hydrogen-bond donors (Lipinski definition) is 0. The van der Waals surface area contributed by atoms with Crippen LogP contribution in [0.4, 0.5) is 0 Å². The third-order valence-corrected chi connectivity index (χ3v) is 3.49. The van der Waals surface area contributed by atoms with E-state index in [1.165, 1.54) is 23.7 Å². The zero-order valence-corrected chi connectivity index (χ0v) is 17.0. The molecule has 0 N–H and O–H groups in total. The molecule has 0 amide bonds. The molecule has 0 aromatic carbocycles. The van der Waals surface area contributed by atoms with Crippen LogP contribution in [0.25, 0.3) is 0 Å².